The standard InChI is InChI=1S/C22H27N3O2S/c1-22(2,3)21-20(15-25(23-21)17-11-5-6-12-17)28(26,27)24-19-14-8-10-16-9-4-7-13-18(16)19/h4,7-10,13-15,17,24H,5-6,11-12H2,1-3H3. The number of aromatic nitrogens is 2. The van der Waals surface area contributed by atoms with Gasteiger partial charge in [0.05, 0.1) is 17.4 Å². The van der Waals surface area contributed by atoms with Crippen LogP contribution in [0.25, 0.3) is 10.8 Å². The van der Waals surface area contributed by atoms with E-state index in [4.69, 9.17) is 5.10 Å². The van der Waals surface area contributed by atoms with Crippen LogP contribution in [0.4, 0.5) is 5.69 Å². The van der Waals surface area contributed by atoms with Crippen molar-refractivity contribution in [1.29, 1.82) is 0 Å². The van der Waals surface area contributed by atoms with Gasteiger partial charge in [-0.3, -0.25) is 9.40 Å². The lowest BCUT2D eigenvalue weighted by atomic mass is 9.92. The van der Waals surface area contributed by atoms with E-state index in [-0.39, 0.29) is 10.3 Å². The average Bonchev–Trinajstić information content (AvgIpc) is 3.31. The van der Waals surface area contributed by atoms with Gasteiger partial charge in [-0.1, -0.05) is 70.0 Å². The Bertz CT molecular complexity index is 1100. The van der Waals surface area contributed by atoms with Crippen LogP contribution in [-0.4, -0.2) is 18.2 Å². The second kappa shape index (κ2) is 6.92. The Morgan fingerprint density at radius 2 is 1.71 bits per heavy atom. The summed E-state index contributed by atoms with van der Waals surface area (Å²) in [6, 6.07) is 13.7. The van der Waals surface area contributed by atoms with E-state index in [1.807, 2.05) is 61.9 Å². The summed E-state index contributed by atoms with van der Waals surface area (Å²) < 4.78 is 31.4. The molecular formula is C22H27N3O2S. The molecule has 0 unspecified atom stereocenters. The van der Waals surface area contributed by atoms with Gasteiger partial charge in [0.1, 0.15) is 4.90 Å². The number of hydrogen-bond acceptors (Lipinski definition) is 3. The Labute approximate surface area is 166 Å². The molecule has 0 spiro atoms. The third-order valence-corrected chi connectivity index (χ3v) is 6.80. The maximum absolute atomic E-state index is 13.4. The Morgan fingerprint density at radius 1 is 1.04 bits per heavy atom. The fraction of sp³-hybridized carbons (Fsp3) is 0.409. The van der Waals surface area contributed by atoms with E-state index in [1.165, 1.54) is 12.8 Å². The molecule has 1 N–H and O–H groups in total. The summed E-state index contributed by atoms with van der Waals surface area (Å²) in [6.45, 7) is 6.02. The Balaban J connectivity index is 1.78. The summed E-state index contributed by atoms with van der Waals surface area (Å²) in [7, 11) is -3.76. The van der Waals surface area contributed by atoms with Crippen molar-refractivity contribution in [2.24, 2.45) is 0 Å². The fourth-order valence-electron chi connectivity index (χ4n) is 3.96. The van der Waals surface area contributed by atoms with E-state index in [0.717, 1.165) is 23.6 Å². The molecule has 28 heavy (non-hydrogen) atoms. The van der Waals surface area contributed by atoms with Crippen molar-refractivity contribution in [1.82, 2.24) is 9.78 Å². The predicted molar refractivity (Wildman–Crippen MR) is 113 cm³/mol. The maximum Gasteiger partial charge on any atom is 0.265 e. The van der Waals surface area contributed by atoms with Gasteiger partial charge >= 0.3 is 0 Å². The highest BCUT2D eigenvalue weighted by atomic mass is 32.2. The molecule has 4 rings (SSSR count). The first-order valence-electron chi connectivity index (χ1n) is 9.86. The molecule has 1 saturated carbocycles. The number of hydrogen-bond donors (Lipinski definition) is 1. The van der Waals surface area contributed by atoms with Crippen LogP contribution in [0.1, 0.15) is 58.2 Å². The van der Waals surface area contributed by atoms with Gasteiger partial charge in [-0.05, 0) is 24.3 Å². The summed E-state index contributed by atoms with van der Waals surface area (Å²) in [5, 5.41) is 6.61. The number of nitrogens with zero attached hydrogens (tertiary/aromatic N) is 2. The molecule has 1 aromatic heterocycles. The van der Waals surface area contributed by atoms with Crippen LogP contribution in [0.3, 0.4) is 0 Å². The SMILES string of the molecule is CC(C)(C)c1nn(C2CCCC2)cc1S(=O)(=O)Nc1cccc2ccccc12. The maximum atomic E-state index is 13.4. The van der Waals surface area contributed by atoms with Gasteiger partial charge in [0.25, 0.3) is 10.0 Å². The minimum Gasteiger partial charge on any atom is -0.279 e. The number of benzene rings is 2. The fourth-order valence-corrected chi connectivity index (χ4v) is 5.39. The molecule has 0 amide bonds. The summed E-state index contributed by atoms with van der Waals surface area (Å²) in [4.78, 5) is 0.278. The van der Waals surface area contributed by atoms with E-state index >= 15 is 0 Å². The molecule has 0 radical (unpaired) electrons. The highest BCUT2D eigenvalue weighted by Crippen LogP contribution is 2.35. The molecule has 0 aliphatic heterocycles. The second-order valence-electron chi connectivity index (χ2n) is 8.64. The highest BCUT2D eigenvalue weighted by Gasteiger charge is 2.32. The number of fused-ring (bicyclic) bond motifs is 1. The van der Waals surface area contributed by atoms with Crippen molar-refractivity contribution in [2.45, 2.75) is 62.8 Å². The number of anilines is 1. The summed E-state index contributed by atoms with van der Waals surface area (Å²) in [6.07, 6.45) is 6.18. The van der Waals surface area contributed by atoms with Gasteiger partial charge < -0.3 is 0 Å². The minimum absolute atomic E-state index is 0.278. The largest absolute Gasteiger partial charge is 0.279 e. The van der Waals surface area contributed by atoms with Crippen LogP contribution in [-0.2, 0) is 15.4 Å². The molecule has 1 heterocycles. The van der Waals surface area contributed by atoms with Crippen molar-refractivity contribution in [3.8, 4) is 0 Å². The van der Waals surface area contributed by atoms with Crippen LogP contribution in [0, 0.1) is 0 Å². The van der Waals surface area contributed by atoms with Crippen LogP contribution in [0.5, 0.6) is 0 Å². The first-order chi connectivity index (χ1) is 13.3. The molecular weight excluding hydrogens is 370 g/mol. The van der Waals surface area contributed by atoms with Crippen molar-refractivity contribution in [3.63, 3.8) is 0 Å². The van der Waals surface area contributed by atoms with Crippen molar-refractivity contribution in [3.05, 3.63) is 54.4 Å². The molecule has 5 nitrogen and oxygen atoms in total. The van der Waals surface area contributed by atoms with Crippen molar-refractivity contribution in [2.75, 3.05) is 4.72 Å². The Kier molecular flexibility index (Phi) is 4.70. The van der Waals surface area contributed by atoms with Crippen LogP contribution >= 0.6 is 0 Å². The lowest BCUT2D eigenvalue weighted by Gasteiger charge is -2.18. The van der Waals surface area contributed by atoms with E-state index in [0.29, 0.717) is 17.4 Å². The second-order valence-corrected chi connectivity index (χ2v) is 10.3. The molecule has 1 fully saturated rings. The van der Waals surface area contributed by atoms with Crippen LogP contribution in [0.2, 0.25) is 0 Å². The monoisotopic (exact) mass is 397 g/mol. The van der Waals surface area contributed by atoms with Gasteiger partial charge in [-0.25, -0.2) is 8.42 Å². The minimum atomic E-state index is -3.76. The van der Waals surface area contributed by atoms with Gasteiger partial charge in [-0.15, -0.1) is 0 Å². The summed E-state index contributed by atoms with van der Waals surface area (Å²) in [5.74, 6) is 0. The molecule has 0 atom stereocenters. The molecule has 1 aliphatic rings. The van der Waals surface area contributed by atoms with Crippen LogP contribution < -0.4 is 4.72 Å². The third kappa shape index (κ3) is 3.53. The summed E-state index contributed by atoms with van der Waals surface area (Å²) in [5.41, 5.74) is 0.839. The molecule has 3 aromatic rings. The van der Waals surface area contributed by atoms with E-state index in [2.05, 4.69) is 4.72 Å². The predicted octanol–water partition coefficient (Wildman–Crippen LogP) is 5.25. The number of nitrogens with one attached hydrogen (secondary N) is 1. The van der Waals surface area contributed by atoms with Gasteiger partial charge in [0, 0.05) is 17.0 Å². The summed E-state index contributed by atoms with van der Waals surface area (Å²) >= 11 is 0. The quantitative estimate of drug-likeness (QED) is 0.654. The smallest absolute Gasteiger partial charge is 0.265 e. The topological polar surface area (TPSA) is 64.0 Å². The lowest BCUT2D eigenvalue weighted by Crippen LogP contribution is -2.20. The first-order valence-corrected chi connectivity index (χ1v) is 11.3. The highest BCUT2D eigenvalue weighted by molar-refractivity contribution is 7.92. The Hall–Kier alpha value is -2.34. The van der Waals surface area contributed by atoms with Crippen LogP contribution in [0.15, 0.2) is 53.6 Å². The number of sulfonamides is 1. The molecule has 0 bridgehead atoms. The zero-order chi connectivity index (χ0) is 19.9. The van der Waals surface area contributed by atoms with E-state index in [9.17, 15) is 8.42 Å². The lowest BCUT2D eigenvalue weighted by molar-refractivity contribution is 0.448. The van der Waals surface area contributed by atoms with Crippen molar-refractivity contribution < 1.29 is 8.42 Å². The molecule has 2 aromatic carbocycles. The zero-order valence-electron chi connectivity index (χ0n) is 16.6. The number of rotatable bonds is 4. The van der Waals surface area contributed by atoms with E-state index in [1.54, 1.807) is 12.3 Å². The molecule has 0 saturated heterocycles. The first kappa shape index (κ1) is 19.0. The third-order valence-electron chi connectivity index (χ3n) is 5.43. The Morgan fingerprint density at radius 3 is 2.43 bits per heavy atom. The van der Waals surface area contributed by atoms with E-state index < -0.39 is 10.0 Å². The normalized spacial score (nSPS) is 16.0. The van der Waals surface area contributed by atoms with Gasteiger partial charge in [0.15, 0.2) is 0 Å². The zero-order valence-corrected chi connectivity index (χ0v) is 17.5. The van der Waals surface area contributed by atoms with Crippen molar-refractivity contribution >= 4 is 26.5 Å². The van der Waals surface area contributed by atoms with Gasteiger partial charge in [-0.2, -0.15) is 5.10 Å². The molecule has 148 valence electrons. The average molecular weight is 398 g/mol. The molecule has 1 aliphatic carbocycles. The van der Waals surface area contributed by atoms with Gasteiger partial charge in [0.2, 0.25) is 0 Å². The molecule has 6 heteroatoms.